The zero-order valence-electron chi connectivity index (χ0n) is 21.9. The van der Waals surface area contributed by atoms with Gasteiger partial charge in [-0.25, -0.2) is 4.98 Å². The molecule has 0 aromatic carbocycles. The first-order chi connectivity index (χ1) is 16.9. The van der Waals surface area contributed by atoms with E-state index in [0.717, 1.165) is 12.8 Å². The Morgan fingerprint density at radius 1 is 1.28 bits per heavy atom. The molecule has 0 aliphatic carbocycles. The molecule has 36 heavy (non-hydrogen) atoms. The Kier molecular flexibility index (Phi) is 8.81. The predicted octanol–water partition coefficient (Wildman–Crippen LogP) is 3.62. The number of nitrogens with zero attached hydrogens (tertiary/aromatic N) is 1. The van der Waals surface area contributed by atoms with Crippen LogP contribution in [-0.2, 0) is 19.1 Å². The summed E-state index contributed by atoms with van der Waals surface area (Å²) in [5.74, 6) is 1.03. The summed E-state index contributed by atoms with van der Waals surface area (Å²) < 4.78 is 16.9. The van der Waals surface area contributed by atoms with Crippen LogP contribution in [-0.4, -0.2) is 57.0 Å². The summed E-state index contributed by atoms with van der Waals surface area (Å²) in [6.07, 6.45) is 9.97. The molecule has 8 heteroatoms. The Bertz CT molecular complexity index is 1010. The van der Waals surface area contributed by atoms with Gasteiger partial charge in [-0.1, -0.05) is 27.2 Å². The van der Waals surface area contributed by atoms with E-state index in [-0.39, 0.29) is 36.2 Å². The van der Waals surface area contributed by atoms with Gasteiger partial charge < -0.3 is 24.1 Å². The number of carbonyl (C=O) groups excluding carboxylic acids is 2. The van der Waals surface area contributed by atoms with E-state index in [1.807, 2.05) is 13.8 Å². The fourth-order valence-corrected chi connectivity index (χ4v) is 4.96. The third-order valence-electron chi connectivity index (χ3n) is 7.71. The molecule has 2 saturated heterocycles. The maximum absolute atomic E-state index is 13.4. The largest absolute Gasteiger partial charge is 0.458 e. The van der Waals surface area contributed by atoms with Crippen LogP contribution in [0.5, 0.6) is 0 Å². The highest BCUT2D eigenvalue weighted by atomic mass is 16.6. The van der Waals surface area contributed by atoms with Crippen LogP contribution >= 0.6 is 0 Å². The van der Waals surface area contributed by atoms with Gasteiger partial charge in [0.25, 0.3) is 0 Å². The number of aryl methyl sites for hydroxylation is 1. The number of terminal acetylenes is 1. The Hall–Kier alpha value is -2.47. The van der Waals surface area contributed by atoms with Gasteiger partial charge in [-0.15, -0.1) is 12.3 Å². The van der Waals surface area contributed by atoms with E-state index in [2.05, 4.69) is 10.9 Å². The molecule has 3 rings (SSSR count). The maximum Gasteiger partial charge on any atom is 0.309 e. The average molecular weight is 502 g/mol. The SMILES string of the molecule is C#CCC1C(=O)C(C)(C)C(O)CC(=O)OC(C=Cc2coc(C)n2)CC2OC2(C)CCCC(C)C1O. The molecule has 0 bridgehead atoms. The summed E-state index contributed by atoms with van der Waals surface area (Å²) in [5.41, 5.74) is -1.05. The van der Waals surface area contributed by atoms with E-state index in [1.54, 1.807) is 32.9 Å². The second-order valence-electron chi connectivity index (χ2n) is 11.0. The summed E-state index contributed by atoms with van der Waals surface area (Å²) in [6, 6.07) is 0. The second kappa shape index (κ2) is 11.3. The van der Waals surface area contributed by atoms with Crippen LogP contribution in [0.2, 0.25) is 0 Å². The summed E-state index contributed by atoms with van der Waals surface area (Å²) in [4.78, 5) is 30.5. The van der Waals surface area contributed by atoms with Crippen LogP contribution in [0.15, 0.2) is 16.8 Å². The molecule has 0 spiro atoms. The summed E-state index contributed by atoms with van der Waals surface area (Å²) >= 11 is 0. The van der Waals surface area contributed by atoms with Crippen molar-refractivity contribution in [1.29, 1.82) is 0 Å². The van der Waals surface area contributed by atoms with Gasteiger partial charge in [-0.05, 0) is 37.8 Å². The lowest BCUT2D eigenvalue weighted by molar-refractivity contribution is -0.154. The molecule has 0 amide bonds. The molecule has 2 aliphatic rings. The van der Waals surface area contributed by atoms with Gasteiger partial charge in [0.2, 0.25) is 0 Å². The second-order valence-corrected chi connectivity index (χ2v) is 11.0. The van der Waals surface area contributed by atoms with Gasteiger partial charge in [0.05, 0.1) is 41.7 Å². The van der Waals surface area contributed by atoms with Crippen LogP contribution in [0, 0.1) is 36.5 Å². The Morgan fingerprint density at radius 2 is 2.00 bits per heavy atom. The van der Waals surface area contributed by atoms with Crippen LogP contribution < -0.4 is 0 Å². The molecule has 8 nitrogen and oxygen atoms in total. The fraction of sp³-hybridized carbons (Fsp3) is 0.679. The Labute approximate surface area is 213 Å². The third kappa shape index (κ3) is 6.64. The van der Waals surface area contributed by atoms with Crippen LogP contribution in [0.3, 0.4) is 0 Å². The quantitative estimate of drug-likeness (QED) is 0.366. The van der Waals surface area contributed by atoms with E-state index in [0.29, 0.717) is 24.4 Å². The topological polar surface area (TPSA) is 122 Å². The number of cyclic esters (lactones) is 1. The van der Waals surface area contributed by atoms with Crippen LogP contribution in [0.4, 0.5) is 0 Å². The number of hydrogen-bond acceptors (Lipinski definition) is 8. The zero-order chi connectivity index (χ0) is 26.7. The molecular weight excluding hydrogens is 462 g/mol. The summed E-state index contributed by atoms with van der Waals surface area (Å²) in [5, 5.41) is 21.9. The lowest BCUT2D eigenvalue weighted by Crippen LogP contribution is -2.46. The Balaban J connectivity index is 1.84. The highest BCUT2D eigenvalue weighted by Crippen LogP contribution is 2.44. The highest BCUT2D eigenvalue weighted by Gasteiger charge is 2.52. The lowest BCUT2D eigenvalue weighted by Gasteiger charge is -2.35. The van der Waals surface area contributed by atoms with Crippen molar-refractivity contribution in [1.82, 2.24) is 4.98 Å². The van der Waals surface area contributed by atoms with Crippen molar-refractivity contribution in [3.8, 4) is 12.3 Å². The molecule has 1 aromatic heterocycles. The number of fused-ring (bicyclic) bond motifs is 1. The number of carbonyl (C=O) groups is 2. The van der Waals surface area contributed by atoms with Gasteiger partial charge in [0.1, 0.15) is 23.8 Å². The molecule has 1 aromatic rings. The smallest absolute Gasteiger partial charge is 0.309 e. The van der Waals surface area contributed by atoms with Gasteiger partial charge in [0.15, 0.2) is 5.89 Å². The zero-order valence-corrected chi connectivity index (χ0v) is 21.9. The molecular formula is C28H39NO7. The molecule has 2 N–H and O–H groups in total. The van der Waals surface area contributed by atoms with Crippen molar-refractivity contribution < 1.29 is 33.7 Å². The molecule has 7 atom stereocenters. The number of aliphatic hydroxyl groups is 2. The minimum absolute atomic E-state index is 0.0578. The maximum atomic E-state index is 13.4. The van der Waals surface area contributed by atoms with E-state index in [4.69, 9.17) is 20.3 Å². The van der Waals surface area contributed by atoms with Gasteiger partial charge in [-0.2, -0.15) is 0 Å². The summed E-state index contributed by atoms with van der Waals surface area (Å²) in [7, 11) is 0. The fourth-order valence-electron chi connectivity index (χ4n) is 4.96. The molecule has 198 valence electrons. The van der Waals surface area contributed by atoms with Crippen LogP contribution in [0.1, 0.15) is 77.8 Å². The van der Waals surface area contributed by atoms with E-state index in [1.165, 1.54) is 6.26 Å². The number of Topliss-reactive ketones (excluding diaryl/α,β-unsaturated/α-hetero) is 1. The standard InChI is InChI=1S/C28H39NO7/c1-7-9-21-25(32)17(2)10-8-13-28(6)23(36-28)14-20(12-11-19-16-34-18(3)29-19)35-24(31)15-22(30)27(4,5)26(21)33/h1,11-12,16-17,20-23,25,30,32H,8-10,13-15H2,2-6H3. The third-order valence-corrected chi connectivity index (χ3v) is 7.71. The van der Waals surface area contributed by atoms with Crippen molar-refractivity contribution >= 4 is 17.8 Å². The number of epoxide rings is 1. The first-order valence-electron chi connectivity index (χ1n) is 12.7. The monoisotopic (exact) mass is 501 g/mol. The highest BCUT2D eigenvalue weighted by molar-refractivity contribution is 5.88. The number of aliphatic hydroxyl groups excluding tert-OH is 2. The minimum atomic E-state index is -1.31. The first-order valence-corrected chi connectivity index (χ1v) is 12.7. The van der Waals surface area contributed by atoms with Gasteiger partial charge in [-0.3, -0.25) is 9.59 Å². The number of aromatic nitrogens is 1. The Morgan fingerprint density at radius 3 is 2.64 bits per heavy atom. The normalized spacial score (nSPS) is 36.2. The van der Waals surface area contributed by atoms with Crippen LogP contribution in [0.25, 0.3) is 6.08 Å². The van der Waals surface area contributed by atoms with E-state index >= 15 is 0 Å². The average Bonchev–Trinajstić information content (AvgIpc) is 3.24. The number of hydrogen-bond donors (Lipinski definition) is 2. The molecule has 2 fully saturated rings. The first kappa shape index (κ1) is 28.1. The summed E-state index contributed by atoms with van der Waals surface area (Å²) in [6.45, 7) is 8.83. The van der Waals surface area contributed by atoms with E-state index < -0.39 is 35.6 Å². The number of ketones is 1. The number of ether oxygens (including phenoxy) is 2. The van der Waals surface area contributed by atoms with Crippen molar-refractivity contribution in [3.63, 3.8) is 0 Å². The molecule has 2 aliphatic heterocycles. The number of oxazole rings is 1. The number of rotatable bonds is 3. The van der Waals surface area contributed by atoms with Gasteiger partial charge >= 0.3 is 5.97 Å². The predicted molar refractivity (Wildman–Crippen MR) is 133 cm³/mol. The van der Waals surface area contributed by atoms with Crippen molar-refractivity contribution in [2.45, 2.75) is 103 Å². The molecule has 3 heterocycles. The van der Waals surface area contributed by atoms with Crippen molar-refractivity contribution in [3.05, 3.63) is 23.9 Å². The molecule has 0 radical (unpaired) electrons. The van der Waals surface area contributed by atoms with E-state index in [9.17, 15) is 19.8 Å². The minimum Gasteiger partial charge on any atom is -0.458 e. The number of esters is 1. The van der Waals surface area contributed by atoms with Gasteiger partial charge in [0, 0.05) is 19.8 Å². The molecule has 0 saturated carbocycles. The molecule has 7 unspecified atom stereocenters. The lowest BCUT2D eigenvalue weighted by atomic mass is 9.71. The van der Waals surface area contributed by atoms with Crippen molar-refractivity contribution in [2.24, 2.45) is 17.3 Å². The van der Waals surface area contributed by atoms with Crippen molar-refractivity contribution in [2.75, 3.05) is 0 Å².